The third kappa shape index (κ3) is 1.93. The molecular formula is C13H19N3O. The summed E-state index contributed by atoms with van der Waals surface area (Å²) in [4.78, 5) is 16.7. The number of rotatable bonds is 3. The van der Waals surface area contributed by atoms with Crippen LogP contribution >= 0.6 is 0 Å². The lowest BCUT2D eigenvalue weighted by molar-refractivity contribution is 0.0810. The van der Waals surface area contributed by atoms with Gasteiger partial charge in [0, 0.05) is 18.2 Å². The Bertz CT molecular complexity index is 416. The normalized spacial score (nSPS) is 18.2. The topological polar surface area (TPSA) is 82.0 Å². The van der Waals surface area contributed by atoms with Crippen molar-refractivity contribution in [3.63, 3.8) is 0 Å². The summed E-state index contributed by atoms with van der Waals surface area (Å²) in [6, 6.07) is 1.82. The number of ketones is 1. The van der Waals surface area contributed by atoms with E-state index in [0.29, 0.717) is 17.9 Å². The van der Waals surface area contributed by atoms with E-state index in [4.69, 9.17) is 11.5 Å². The summed E-state index contributed by atoms with van der Waals surface area (Å²) in [5.41, 5.74) is 12.7. The molecule has 0 spiro atoms. The van der Waals surface area contributed by atoms with Crippen molar-refractivity contribution in [1.82, 2.24) is 4.98 Å². The Morgan fingerprint density at radius 1 is 1.47 bits per heavy atom. The predicted octanol–water partition coefficient (Wildman–Crippen LogP) is 1.67. The fraction of sp³-hybridized carbons (Fsp3) is 0.538. The Balaban J connectivity index is 2.43. The van der Waals surface area contributed by atoms with E-state index in [1.54, 1.807) is 6.20 Å². The molecule has 1 fully saturated rings. The Hall–Kier alpha value is -1.42. The zero-order valence-corrected chi connectivity index (χ0v) is 10.2. The van der Waals surface area contributed by atoms with Gasteiger partial charge in [-0.3, -0.25) is 4.79 Å². The van der Waals surface area contributed by atoms with Gasteiger partial charge >= 0.3 is 0 Å². The zero-order valence-electron chi connectivity index (χ0n) is 10.2. The van der Waals surface area contributed by atoms with Gasteiger partial charge in [-0.2, -0.15) is 0 Å². The Labute approximate surface area is 101 Å². The average molecular weight is 233 g/mol. The number of nitrogens with two attached hydrogens (primary N) is 2. The second-order valence-corrected chi connectivity index (χ2v) is 4.91. The highest BCUT2D eigenvalue weighted by Crippen LogP contribution is 2.41. The van der Waals surface area contributed by atoms with Crippen molar-refractivity contribution in [3.8, 4) is 0 Å². The number of hydrogen-bond acceptors (Lipinski definition) is 4. The molecule has 0 saturated heterocycles. The average Bonchev–Trinajstić information content (AvgIpc) is 2.78. The molecule has 4 N–H and O–H groups in total. The molecule has 0 unspecified atom stereocenters. The van der Waals surface area contributed by atoms with Gasteiger partial charge in [0.1, 0.15) is 5.82 Å². The number of anilines is 1. The molecule has 4 heteroatoms. The molecule has 1 aromatic heterocycles. The third-order valence-corrected chi connectivity index (χ3v) is 3.85. The van der Waals surface area contributed by atoms with E-state index < -0.39 is 5.41 Å². The van der Waals surface area contributed by atoms with Crippen molar-refractivity contribution in [2.75, 3.05) is 12.3 Å². The van der Waals surface area contributed by atoms with E-state index in [1.165, 1.54) is 0 Å². The van der Waals surface area contributed by atoms with Gasteiger partial charge in [-0.05, 0) is 31.4 Å². The number of aryl methyl sites for hydroxylation is 1. The number of nitrogens with zero attached hydrogens (tertiary/aromatic N) is 1. The van der Waals surface area contributed by atoms with Gasteiger partial charge in [0.05, 0.1) is 5.56 Å². The predicted molar refractivity (Wildman–Crippen MR) is 67.7 cm³/mol. The maximum Gasteiger partial charge on any atom is 0.174 e. The maximum atomic E-state index is 12.6. The van der Waals surface area contributed by atoms with Crippen molar-refractivity contribution in [3.05, 3.63) is 23.4 Å². The number of Topliss-reactive ketones (excluding diaryl/α,β-unsaturated/α-hetero) is 1. The molecule has 0 bridgehead atoms. The van der Waals surface area contributed by atoms with E-state index >= 15 is 0 Å². The first-order chi connectivity index (χ1) is 8.10. The van der Waals surface area contributed by atoms with Crippen molar-refractivity contribution < 1.29 is 4.79 Å². The molecule has 92 valence electrons. The summed E-state index contributed by atoms with van der Waals surface area (Å²) in [5.74, 6) is 0.412. The first kappa shape index (κ1) is 12.0. The Morgan fingerprint density at radius 3 is 2.65 bits per heavy atom. The molecule has 0 amide bonds. The minimum absolute atomic E-state index is 0.0839. The van der Waals surface area contributed by atoms with Crippen LogP contribution in [0.5, 0.6) is 0 Å². The zero-order chi connectivity index (χ0) is 12.5. The molecular weight excluding hydrogens is 214 g/mol. The first-order valence-corrected chi connectivity index (χ1v) is 6.07. The van der Waals surface area contributed by atoms with Crippen LogP contribution in [0.2, 0.25) is 0 Å². The number of hydrogen-bond donors (Lipinski definition) is 2. The van der Waals surface area contributed by atoms with Crippen LogP contribution in [0.1, 0.15) is 41.6 Å². The number of carbonyl (C=O) groups is 1. The van der Waals surface area contributed by atoms with E-state index in [1.807, 2.05) is 13.0 Å². The molecule has 0 aromatic carbocycles. The smallest absolute Gasteiger partial charge is 0.174 e. The lowest BCUT2D eigenvalue weighted by Gasteiger charge is -2.26. The molecule has 0 atom stereocenters. The SMILES string of the molecule is Cc1ccnc(N)c1C(=O)C1(CN)CCCC1. The van der Waals surface area contributed by atoms with E-state index in [2.05, 4.69) is 4.98 Å². The van der Waals surface area contributed by atoms with E-state index in [0.717, 1.165) is 31.2 Å². The molecule has 2 rings (SSSR count). The summed E-state index contributed by atoms with van der Waals surface area (Å²) in [7, 11) is 0. The molecule has 1 aliphatic rings. The summed E-state index contributed by atoms with van der Waals surface area (Å²) in [6.45, 7) is 2.30. The van der Waals surface area contributed by atoms with Gasteiger partial charge in [-0.25, -0.2) is 4.98 Å². The minimum atomic E-state index is -0.401. The van der Waals surface area contributed by atoms with Crippen LogP contribution in [0, 0.1) is 12.3 Å². The Kier molecular flexibility index (Phi) is 3.15. The lowest BCUT2D eigenvalue weighted by atomic mass is 9.78. The van der Waals surface area contributed by atoms with Gasteiger partial charge in [-0.1, -0.05) is 12.8 Å². The first-order valence-electron chi connectivity index (χ1n) is 6.07. The molecule has 1 aromatic rings. The van der Waals surface area contributed by atoms with Crippen LogP contribution in [0.3, 0.4) is 0 Å². The van der Waals surface area contributed by atoms with Crippen LogP contribution in [-0.4, -0.2) is 17.3 Å². The van der Waals surface area contributed by atoms with Crippen LogP contribution in [-0.2, 0) is 0 Å². The van der Waals surface area contributed by atoms with E-state index in [-0.39, 0.29) is 5.78 Å². The fourth-order valence-corrected chi connectivity index (χ4v) is 2.72. The van der Waals surface area contributed by atoms with Crippen molar-refractivity contribution in [2.45, 2.75) is 32.6 Å². The lowest BCUT2D eigenvalue weighted by Crippen LogP contribution is -2.37. The van der Waals surface area contributed by atoms with Gasteiger partial charge in [0.25, 0.3) is 0 Å². The summed E-state index contributed by atoms with van der Waals surface area (Å²) >= 11 is 0. The summed E-state index contributed by atoms with van der Waals surface area (Å²) in [5, 5.41) is 0. The van der Waals surface area contributed by atoms with E-state index in [9.17, 15) is 4.79 Å². The summed E-state index contributed by atoms with van der Waals surface area (Å²) in [6.07, 6.45) is 5.52. The van der Waals surface area contributed by atoms with Crippen LogP contribution in [0.25, 0.3) is 0 Å². The van der Waals surface area contributed by atoms with Crippen LogP contribution in [0.4, 0.5) is 5.82 Å². The van der Waals surface area contributed by atoms with Crippen molar-refractivity contribution >= 4 is 11.6 Å². The van der Waals surface area contributed by atoms with Gasteiger partial charge in [0.15, 0.2) is 5.78 Å². The molecule has 1 heterocycles. The molecule has 0 radical (unpaired) electrons. The monoisotopic (exact) mass is 233 g/mol. The molecule has 4 nitrogen and oxygen atoms in total. The van der Waals surface area contributed by atoms with Crippen molar-refractivity contribution in [2.24, 2.45) is 11.1 Å². The quantitative estimate of drug-likeness (QED) is 0.778. The van der Waals surface area contributed by atoms with Gasteiger partial charge < -0.3 is 11.5 Å². The standard InChI is InChI=1S/C13H19N3O/c1-9-4-7-16-12(15)10(9)11(17)13(8-14)5-2-3-6-13/h4,7H,2-3,5-6,8,14H2,1H3,(H2,15,16). The fourth-order valence-electron chi connectivity index (χ4n) is 2.72. The molecule has 1 aliphatic carbocycles. The number of carbonyl (C=O) groups excluding carboxylic acids is 1. The number of nitrogen functional groups attached to an aromatic ring is 1. The highest BCUT2D eigenvalue weighted by atomic mass is 16.1. The maximum absolute atomic E-state index is 12.6. The second kappa shape index (κ2) is 4.45. The number of aromatic nitrogens is 1. The largest absolute Gasteiger partial charge is 0.383 e. The number of pyridine rings is 1. The molecule has 0 aliphatic heterocycles. The Morgan fingerprint density at radius 2 is 2.12 bits per heavy atom. The highest BCUT2D eigenvalue weighted by molar-refractivity contribution is 6.05. The molecule has 1 saturated carbocycles. The van der Waals surface area contributed by atoms with Gasteiger partial charge in [-0.15, -0.1) is 0 Å². The second-order valence-electron chi connectivity index (χ2n) is 4.91. The van der Waals surface area contributed by atoms with Crippen LogP contribution in [0.15, 0.2) is 12.3 Å². The minimum Gasteiger partial charge on any atom is -0.383 e. The molecule has 17 heavy (non-hydrogen) atoms. The highest BCUT2D eigenvalue weighted by Gasteiger charge is 2.41. The van der Waals surface area contributed by atoms with Gasteiger partial charge in [0.2, 0.25) is 0 Å². The summed E-state index contributed by atoms with van der Waals surface area (Å²) < 4.78 is 0. The van der Waals surface area contributed by atoms with Crippen LogP contribution < -0.4 is 11.5 Å². The third-order valence-electron chi connectivity index (χ3n) is 3.85. The van der Waals surface area contributed by atoms with Crippen molar-refractivity contribution in [1.29, 1.82) is 0 Å².